The summed E-state index contributed by atoms with van der Waals surface area (Å²) in [6.45, 7) is 10.7. The van der Waals surface area contributed by atoms with Crippen molar-refractivity contribution in [2.45, 2.75) is 228 Å². The van der Waals surface area contributed by atoms with Crippen LogP contribution in [0.3, 0.4) is 0 Å². The molecule has 17 heteroatoms. The molecule has 6 aliphatic rings. The van der Waals surface area contributed by atoms with Crippen LogP contribution < -0.4 is 0 Å². The summed E-state index contributed by atoms with van der Waals surface area (Å²) in [6.07, 6.45) is -12.1. The van der Waals surface area contributed by atoms with E-state index in [0.717, 1.165) is 0 Å². The summed E-state index contributed by atoms with van der Waals surface area (Å²) in [5, 5.41) is 63.0. The average molecular weight is 767 g/mol. The molecule has 0 amide bonds. The third-order valence-electron chi connectivity index (χ3n) is 11.4. The van der Waals surface area contributed by atoms with Gasteiger partial charge in [0.05, 0.1) is 73.2 Å². The maximum absolute atomic E-state index is 11.0. The zero-order valence-electron chi connectivity index (χ0n) is 31.5. The largest absolute Gasteiger partial charge is 0.390 e. The van der Waals surface area contributed by atoms with Crippen molar-refractivity contribution < 1.29 is 82.7 Å². The molecule has 17 nitrogen and oxygen atoms in total. The fourth-order valence-corrected chi connectivity index (χ4v) is 8.24. The predicted molar refractivity (Wildman–Crippen MR) is 180 cm³/mol. The molecule has 6 aliphatic heterocycles. The minimum absolute atomic E-state index is 0.0249. The van der Waals surface area contributed by atoms with Gasteiger partial charge in [-0.15, -0.1) is 0 Å². The second-order valence-corrected chi connectivity index (χ2v) is 15.7. The van der Waals surface area contributed by atoms with Crippen molar-refractivity contribution in [1.82, 2.24) is 0 Å². The molecule has 6 fully saturated rings. The van der Waals surface area contributed by atoms with Gasteiger partial charge < -0.3 is 82.7 Å². The molecule has 308 valence electrons. The van der Waals surface area contributed by atoms with Crippen molar-refractivity contribution >= 4 is 0 Å². The van der Waals surface area contributed by atoms with E-state index in [2.05, 4.69) is 0 Å². The van der Waals surface area contributed by atoms with E-state index in [1.54, 1.807) is 34.6 Å². The monoisotopic (exact) mass is 766 g/mol. The SMILES string of the molecule is C[C@@H]1O[C@@H](O[C@H]2[C@H](O)C[C@H](O[C@H]3[C@H](O)C[C@H](O)O[C@@H]3C)O[C@@H]2C)CC[C@@H]1O[C@H]1C[C@@H](O[C@H]2C[C@@H](O)[C@H](O[C@H]3CC[C@H](O)[C@H](C)O3)[C@@H](C)O2)[C@H](O)[C@@H](C)O1. The number of hydrogen-bond donors (Lipinski definition) is 6. The first-order valence-corrected chi connectivity index (χ1v) is 19.4. The van der Waals surface area contributed by atoms with Gasteiger partial charge in [0.25, 0.3) is 0 Å². The van der Waals surface area contributed by atoms with Gasteiger partial charge in [0, 0.05) is 38.5 Å². The van der Waals surface area contributed by atoms with Gasteiger partial charge in [0.1, 0.15) is 24.4 Å². The first kappa shape index (κ1) is 41.9. The summed E-state index contributed by atoms with van der Waals surface area (Å²) in [4.78, 5) is 0. The lowest BCUT2D eigenvalue weighted by molar-refractivity contribution is -0.341. The summed E-state index contributed by atoms with van der Waals surface area (Å²) in [5.41, 5.74) is 0. The molecule has 0 aromatic rings. The summed E-state index contributed by atoms with van der Waals surface area (Å²) < 4.78 is 66.2. The Bertz CT molecular complexity index is 1100. The van der Waals surface area contributed by atoms with E-state index in [4.69, 9.17) is 52.1 Å². The van der Waals surface area contributed by atoms with E-state index in [-0.39, 0.29) is 44.0 Å². The second-order valence-electron chi connectivity index (χ2n) is 15.7. The van der Waals surface area contributed by atoms with Crippen LogP contribution >= 0.6 is 0 Å². The van der Waals surface area contributed by atoms with Gasteiger partial charge in [0.2, 0.25) is 0 Å². The molecule has 0 spiro atoms. The number of rotatable bonds is 10. The first-order valence-electron chi connectivity index (χ1n) is 19.4. The molecular weight excluding hydrogens is 704 g/mol. The second kappa shape index (κ2) is 18.3. The Hall–Kier alpha value is -0.680. The van der Waals surface area contributed by atoms with Crippen LogP contribution in [0.1, 0.15) is 92.9 Å². The topological polar surface area (TPSA) is 223 Å². The van der Waals surface area contributed by atoms with Crippen molar-refractivity contribution in [1.29, 1.82) is 0 Å². The van der Waals surface area contributed by atoms with E-state index in [0.29, 0.717) is 25.7 Å². The number of ether oxygens (including phenoxy) is 11. The third-order valence-corrected chi connectivity index (χ3v) is 11.4. The van der Waals surface area contributed by atoms with Crippen LogP contribution in [0.15, 0.2) is 0 Å². The normalized spacial score (nSPS) is 53.0. The summed E-state index contributed by atoms with van der Waals surface area (Å²) in [5.74, 6) is 0. The standard InChI is InChI=1S/C36H62O17/c1-15-21(37)7-9-28(44-15)51-35-19(5)47-30(12-23(35)39)50-26-14-32(46-17(3)33(26)42)49-25-8-10-29(45-16(25)2)52-36-20(6)48-31(13-24(36)40)53-34-18(4)43-27(41)11-22(34)38/h15-42H,7-14H2,1-6H3/t15-,16-,17+,18+,19+,20+,21-,22+,23+,24+,25-,26+,27+,28-,29-,30-,31-,32-,33+,34+,35+,36+/m0/s1. The molecule has 53 heavy (non-hydrogen) atoms. The lowest BCUT2D eigenvalue weighted by atomic mass is 9.99. The van der Waals surface area contributed by atoms with Crippen LogP contribution in [0, 0.1) is 0 Å². The van der Waals surface area contributed by atoms with Gasteiger partial charge in [-0.25, -0.2) is 0 Å². The van der Waals surface area contributed by atoms with Gasteiger partial charge in [-0.05, 0) is 54.4 Å². The Morgan fingerprint density at radius 2 is 0.792 bits per heavy atom. The van der Waals surface area contributed by atoms with E-state index >= 15 is 0 Å². The molecule has 6 heterocycles. The van der Waals surface area contributed by atoms with Gasteiger partial charge in [-0.3, -0.25) is 0 Å². The van der Waals surface area contributed by atoms with Crippen molar-refractivity contribution in [3.63, 3.8) is 0 Å². The molecule has 6 saturated heterocycles. The maximum Gasteiger partial charge on any atom is 0.161 e. The smallest absolute Gasteiger partial charge is 0.161 e. The average Bonchev–Trinajstić information content (AvgIpc) is 3.07. The van der Waals surface area contributed by atoms with Crippen molar-refractivity contribution in [3.8, 4) is 0 Å². The molecule has 0 aromatic heterocycles. The van der Waals surface area contributed by atoms with Gasteiger partial charge in [-0.2, -0.15) is 0 Å². The number of aliphatic hydroxyl groups is 6. The zero-order valence-corrected chi connectivity index (χ0v) is 31.5. The quantitative estimate of drug-likeness (QED) is 0.176. The van der Waals surface area contributed by atoms with Crippen LogP contribution in [-0.2, 0) is 52.1 Å². The summed E-state index contributed by atoms with van der Waals surface area (Å²) in [7, 11) is 0. The predicted octanol–water partition coefficient (Wildman–Crippen LogP) is 0.299. The first-order chi connectivity index (χ1) is 25.1. The van der Waals surface area contributed by atoms with E-state index in [1.165, 1.54) is 0 Å². The van der Waals surface area contributed by atoms with Gasteiger partial charge in [0.15, 0.2) is 37.7 Å². The molecule has 0 aromatic carbocycles. The molecule has 0 radical (unpaired) electrons. The van der Waals surface area contributed by atoms with Crippen LogP contribution in [-0.4, -0.2) is 166 Å². The molecule has 0 unspecified atom stereocenters. The van der Waals surface area contributed by atoms with E-state index < -0.39 is 117 Å². The molecule has 0 aliphatic carbocycles. The van der Waals surface area contributed by atoms with Crippen molar-refractivity contribution in [2.24, 2.45) is 0 Å². The van der Waals surface area contributed by atoms with Crippen LogP contribution in [0.5, 0.6) is 0 Å². The number of aliphatic hydroxyl groups excluding tert-OH is 6. The van der Waals surface area contributed by atoms with Gasteiger partial charge >= 0.3 is 0 Å². The zero-order chi connectivity index (χ0) is 38.1. The highest BCUT2D eigenvalue weighted by atomic mass is 16.8. The third kappa shape index (κ3) is 10.4. The lowest BCUT2D eigenvalue weighted by Gasteiger charge is -2.45. The van der Waals surface area contributed by atoms with Crippen LogP contribution in [0.2, 0.25) is 0 Å². The Morgan fingerprint density at radius 3 is 1.34 bits per heavy atom. The molecule has 6 rings (SSSR count). The summed E-state index contributed by atoms with van der Waals surface area (Å²) in [6, 6.07) is 0. The fraction of sp³-hybridized carbons (Fsp3) is 1.00. The molecule has 0 saturated carbocycles. The Labute approximate surface area is 310 Å². The number of hydrogen-bond acceptors (Lipinski definition) is 17. The lowest BCUT2D eigenvalue weighted by Crippen LogP contribution is -2.56. The fourth-order valence-electron chi connectivity index (χ4n) is 8.24. The minimum Gasteiger partial charge on any atom is -0.390 e. The van der Waals surface area contributed by atoms with E-state index in [1.807, 2.05) is 6.92 Å². The highest BCUT2D eigenvalue weighted by molar-refractivity contribution is 4.89. The molecule has 6 N–H and O–H groups in total. The minimum atomic E-state index is -1.06. The highest BCUT2D eigenvalue weighted by Gasteiger charge is 2.46. The molecule has 0 bridgehead atoms. The summed E-state index contributed by atoms with van der Waals surface area (Å²) >= 11 is 0. The Morgan fingerprint density at radius 1 is 0.358 bits per heavy atom. The Kier molecular flexibility index (Phi) is 14.5. The maximum atomic E-state index is 11.0. The van der Waals surface area contributed by atoms with Gasteiger partial charge in [-0.1, -0.05) is 0 Å². The van der Waals surface area contributed by atoms with Crippen molar-refractivity contribution in [3.05, 3.63) is 0 Å². The van der Waals surface area contributed by atoms with Crippen LogP contribution in [0.25, 0.3) is 0 Å². The molecular formula is C36H62O17. The molecule has 22 atom stereocenters. The van der Waals surface area contributed by atoms with Crippen molar-refractivity contribution in [2.75, 3.05) is 0 Å². The van der Waals surface area contributed by atoms with Crippen LogP contribution in [0.4, 0.5) is 0 Å². The highest BCUT2D eigenvalue weighted by Crippen LogP contribution is 2.35. The Balaban J connectivity index is 0.942. The van der Waals surface area contributed by atoms with E-state index in [9.17, 15) is 30.6 Å².